The second kappa shape index (κ2) is 5.19. The number of anilines is 1. The molecule has 2 rings (SSSR count). The highest BCUT2D eigenvalue weighted by atomic mass is 35.5. The summed E-state index contributed by atoms with van der Waals surface area (Å²) in [7, 11) is 0. The van der Waals surface area contributed by atoms with Crippen LogP contribution in [0.15, 0.2) is 24.3 Å². The Kier molecular flexibility index (Phi) is 3.64. The largest absolute Gasteiger partial charge is 0.378 e. The zero-order valence-corrected chi connectivity index (χ0v) is 10.7. The normalized spacial score (nSPS) is 10.5. The number of hydrogen-bond acceptors (Lipinski definition) is 3. The molecule has 5 heteroatoms. The molecule has 0 radical (unpaired) electrons. The number of nitrogens with one attached hydrogen (secondary N) is 1. The maximum absolute atomic E-state index is 5.83. The van der Waals surface area contributed by atoms with E-state index in [4.69, 9.17) is 11.6 Å². The minimum atomic E-state index is 0.663. The molecule has 0 aliphatic carbocycles. The Morgan fingerprint density at radius 3 is 2.59 bits per heavy atom. The van der Waals surface area contributed by atoms with Gasteiger partial charge < -0.3 is 9.88 Å². The van der Waals surface area contributed by atoms with E-state index >= 15 is 0 Å². The molecule has 1 aromatic heterocycles. The molecule has 0 bridgehead atoms. The van der Waals surface area contributed by atoms with E-state index in [1.807, 2.05) is 31.2 Å². The summed E-state index contributed by atoms with van der Waals surface area (Å²) < 4.78 is 2.09. The van der Waals surface area contributed by atoms with Crippen LogP contribution in [0.3, 0.4) is 0 Å². The Morgan fingerprint density at radius 2 is 1.94 bits per heavy atom. The van der Waals surface area contributed by atoms with Gasteiger partial charge in [-0.1, -0.05) is 11.6 Å². The molecule has 17 heavy (non-hydrogen) atoms. The van der Waals surface area contributed by atoms with Gasteiger partial charge in [0.2, 0.25) is 0 Å². The first-order valence-corrected chi connectivity index (χ1v) is 5.96. The Hall–Kier alpha value is -1.55. The van der Waals surface area contributed by atoms with Crippen molar-refractivity contribution in [3.63, 3.8) is 0 Å². The van der Waals surface area contributed by atoms with Crippen LogP contribution in [0.1, 0.15) is 18.6 Å². The summed E-state index contributed by atoms with van der Waals surface area (Å²) in [6, 6.07) is 7.61. The zero-order chi connectivity index (χ0) is 12.3. The van der Waals surface area contributed by atoms with Crippen LogP contribution >= 0.6 is 11.6 Å². The molecule has 2 aromatic rings. The van der Waals surface area contributed by atoms with Gasteiger partial charge in [0.1, 0.15) is 5.82 Å². The Bertz CT molecular complexity index is 490. The quantitative estimate of drug-likeness (QED) is 0.907. The minimum Gasteiger partial charge on any atom is -0.378 e. The van der Waals surface area contributed by atoms with Gasteiger partial charge in [-0.25, -0.2) is 0 Å². The predicted molar refractivity (Wildman–Crippen MR) is 69.2 cm³/mol. The molecule has 1 N–H and O–H groups in total. The summed E-state index contributed by atoms with van der Waals surface area (Å²) in [5.74, 6) is 1.89. The first kappa shape index (κ1) is 11.9. The van der Waals surface area contributed by atoms with E-state index in [0.717, 1.165) is 28.9 Å². The van der Waals surface area contributed by atoms with Crippen molar-refractivity contribution in [1.29, 1.82) is 0 Å². The smallest absolute Gasteiger partial charge is 0.152 e. The average Bonchev–Trinajstić information content (AvgIpc) is 2.69. The van der Waals surface area contributed by atoms with Crippen LogP contribution in [0.25, 0.3) is 0 Å². The van der Waals surface area contributed by atoms with Gasteiger partial charge in [-0.2, -0.15) is 0 Å². The van der Waals surface area contributed by atoms with Gasteiger partial charge in [0.15, 0.2) is 5.82 Å². The van der Waals surface area contributed by atoms with E-state index in [-0.39, 0.29) is 0 Å². The lowest BCUT2D eigenvalue weighted by atomic mass is 10.3. The highest BCUT2D eigenvalue weighted by Gasteiger charge is 2.06. The highest BCUT2D eigenvalue weighted by Crippen LogP contribution is 2.14. The lowest BCUT2D eigenvalue weighted by Gasteiger charge is -2.07. The molecule has 4 nitrogen and oxygen atoms in total. The summed E-state index contributed by atoms with van der Waals surface area (Å²) in [6.07, 6.45) is 0. The van der Waals surface area contributed by atoms with Crippen molar-refractivity contribution in [3.05, 3.63) is 40.9 Å². The third-order valence-electron chi connectivity index (χ3n) is 2.62. The summed E-state index contributed by atoms with van der Waals surface area (Å²) in [4.78, 5) is 0. The van der Waals surface area contributed by atoms with E-state index in [9.17, 15) is 0 Å². The van der Waals surface area contributed by atoms with Gasteiger partial charge in [0, 0.05) is 17.3 Å². The Labute approximate surface area is 106 Å². The lowest BCUT2D eigenvalue weighted by Crippen LogP contribution is -2.08. The molecular formula is C12H15ClN4. The van der Waals surface area contributed by atoms with Crippen molar-refractivity contribution in [1.82, 2.24) is 14.8 Å². The van der Waals surface area contributed by atoms with Crippen molar-refractivity contribution >= 4 is 17.3 Å². The van der Waals surface area contributed by atoms with E-state index in [1.165, 1.54) is 0 Å². The molecule has 90 valence electrons. The van der Waals surface area contributed by atoms with Gasteiger partial charge in [0.05, 0.1) is 6.54 Å². The van der Waals surface area contributed by atoms with Crippen LogP contribution < -0.4 is 5.32 Å². The maximum Gasteiger partial charge on any atom is 0.152 e. The molecular weight excluding hydrogens is 236 g/mol. The van der Waals surface area contributed by atoms with Gasteiger partial charge in [-0.3, -0.25) is 0 Å². The van der Waals surface area contributed by atoms with Gasteiger partial charge in [-0.15, -0.1) is 10.2 Å². The Morgan fingerprint density at radius 1 is 1.24 bits per heavy atom. The molecule has 1 heterocycles. The SMILES string of the molecule is CCn1c(C)nnc1CNc1ccc(Cl)cc1. The van der Waals surface area contributed by atoms with Gasteiger partial charge in [0.25, 0.3) is 0 Å². The Balaban J connectivity index is 2.04. The fraction of sp³-hybridized carbons (Fsp3) is 0.333. The number of halogens is 1. The number of aromatic nitrogens is 3. The second-order valence-corrected chi connectivity index (χ2v) is 4.20. The number of benzene rings is 1. The standard InChI is InChI=1S/C12H15ClN4/c1-3-17-9(2)15-16-12(17)8-14-11-6-4-10(13)5-7-11/h4-7,14H,3,8H2,1-2H3. The summed E-state index contributed by atoms with van der Waals surface area (Å²) in [6.45, 7) is 5.59. The summed E-state index contributed by atoms with van der Waals surface area (Å²) in [5, 5.41) is 12.2. The van der Waals surface area contributed by atoms with Crippen molar-refractivity contribution in [2.75, 3.05) is 5.32 Å². The first-order chi connectivity index (χ1) is 8.20. The highest BCUT2D eigenvalue weighted by molar-refractivity contribution is 6.30. The molecule has 0 aliphatic rings. The summed E-state index contributed by atoms with van der Waals surface area (Å²) >= 11 is 5.83. The molecule has 0 saturated heterocycles. The van der Waals surface area contributed by atoms with Crippen molar-refractivity contribution in [2.45, 2.75) is 26.9 Å². The van der Waals surface area contributed by atoms with Crippen LogP contribution in [0.2, 0.25) is 5.02 Å². The number of hydrogen-bond donors (Lipinski definition) is 1. The number of aryl methyl sites for hydroxylation is 1. The number of rotatable bonds is 4. The van der Waals surface area contributed by atoms with E-state index in [0.29, 0.717) is 6.54 Å². The number of nitrogens with zero attached hydrogens (tertiary/aromatic N) is 3. The van der Waals surface area contributed by atoms with Gasteiger partial charge in [-0.05, 0) is 38.1 Å². The zero-order valence-electron chi connectivity index (χ0n) is 9.94. The molecule has 1 aromatic carbocycles. The third kappa shape index (κ3) is 2.77. The van der Waals surface area contributed by atoms with E-state index < -0.39 is 0 Å². The van der Waals surface area contributed by atoms with Crippen LogP contribution in [-0.2, 0) is 13.1 Å². The molecule has 0 amide bonds. The average molecular weight is 251 g/mol. The van der Waals surface area contributed by atoms with Crippen molar-refractivity contribution < 1.29 is 0 Å². The first-order valence-electron chi connectivity index (χ1n) is 5.59. The fourth-order valence-corrected chi connectivity index (χ4v) is 1.84. The van der Waals surface area contributed by atoms with Crippen LogP contribution in [0.5, 0.6) is 0 Å². The van der Waals surface area contributed by atoms with E-state index in [1.54, 1.807) is 0 Å². The third-order valence-corrected chi connectivity index (χ3v) is 2.88. The fourth-order valence-electron chi connectivity index (χ4n) is 1.72. The van der Waals surface area contributed by atoms with E-state index in [2.05, 4.69) is 27.0 Å². The molecule has 0 aliphatic heterocycles. The van der Waals surface area contributed by atoms with Crippen molar-refractivity contribution in [2.24, 2.45) is 0 Å². The van der Waals surface area contributed by atoms with Crippen molar-refractivity contribution in [3.8, 4) is 0 Å². The predicted octanol–water partition coefficient (Wildman–Crippen LogP) is 2.87. The van der Waals surface area contributed by atoms with Crippen LogP contribution in [-0.4, -0.2) is 14.8 Å². The van der Waals surface area contributed by atoms with Gasteiger partial charge >= 0.3 is 0 Å². The molecule has 0 saturated carbocycles. The second-order valence-electron chi connectivity index (χ2n) is 3.77. The molecule has 0 atom stereocenters. The molecule has 0 spiro atoms. The maximum atomic E-state index is 5.83. The minimum absolute atomic E-state index is 0.663. The summed E-state index contributed by atoms with van der Waals surface area (Å²) in [5.41, 5.74) is 1.03. The molecule has 0 unspecified atom stereocenters. The molecule has 0 fully saturated rings. The lowest BCUT2D eigenvalue weighted by molar-refractivity contribution is 0.687. The topological polar surface area (TPSA) is 42.7 Å². The monoisotopic (exact) mass is 250 g/mol. The van der Waals surface area contributed by atoms with Crippen LogP contribution in [0, 0.1) is 6.92 Å². The van der Waals surface area contributed by atoms with Crippen LogP contribution in [0.4, 0.5) is 5.69 Å².